The van der Waals surface area contributed by atoms with E-state index in [9.17, 15) is 4.79 Å². The number of nitrogens with zero attached hydrogens (tertiary/aromatic N) is 1. The molecule has 0 saturated carbocycles. The van der Waals surface area contributed by atoms with E-state index in [4.69, 9.17) is 0 Å². The van der Waals surface area contributed by atoms with Gasteiger partial charge < -0.3 is 10.6 Å². The maximum Gasteiger partial charge on any atom is 0.241 e. The standard InChI is InChI=1S/C14H20N4O.2ClH/c1-11-5-6-13(18-10-11)16-8-3-9-17-14(19)12-4-2-7-15-12;;/h2,4-6,10,12,15H,3,7-9H2,1H3,(H,16,18)(H,17,19);2*1H. The summed E-state index contributed by atoms with van der Waals surface area (Å²) >= 11 is 0. The smallest absolute Gasteiger partial charge is 0.241 e. The molecule has 118 valence electrons. The first-order valence-electron chi connectivity index (χ1n) is 6.60. The lowest BCUT2D eigenvalue weighted by molar-refractivity contribution is -0.121. The monoisotopic (exact) mass is 332 g/mol. The molecule has 0 fully saturated rings. The van der Waals surface area contributed by atoms with E-state index in [0.29, 0.717) is 6.54 Å². The number of aryl methyl sites for hydroxylation is 1. The molecule has 1 aromatic rings. The van der Waals surface area contributed by atoms with E-state index >= 15 is 0 Å². The highest BCUT2D eigenvalue weighted by molar-refractivity contribution is 5.85. The number of hydrogen-bond donors (Lipinski definition) is 3. The third kappa shape index (κ3) is 6.80. The first-order chi connectivity index (χ1) is 9.25. The fourth-order valence-corrected chi connectivity index (χ4v) is 1.85. The second-order valence-corrected chi connectivity index (χ2v) is 4.61. The molecule has 0 spiro atoms. The van der Waals surface area contributed by atoms with Crippen LogP contribution in [0.4, 0.5) is 5.82 Å². The van der Waals surface area contributed by atoms with Crippen molar-refractivity contribution in [3.8, 4) is 0 Å². The fourth-order valence-electron chi connectivity index (χ4n) is 1.85. The Balaban J connectivity index is 0.00000200. The lowest BCUT2D eigenvalue weighted by atomic mass is 10.3. The Bertz CT molecular complexity index is 451. The van der Waals surface area contributed by atoms with E-state index in [-0.39, 0.29) is 36.8 Å². The van der Waals surface area contributed by atoms with Crippen LogP contribution in [-0.4, -0.2) is 36.6 Å². The van der Waals surface area contributed by atoms with Crippen molar-refractivity contribution in [3.05, 3.63) is 36.0 Å². The molecular weight excluding hydrogens is 311 g/mol. The van der Waals surface area contributed by atoms with Crippen LogP contribution >= 0.6 is 24.8 Å². The van der Waals surface area contributed by atoms with Crippen molar-refractivity contribution in [1.82, 2.24) is 15.6 Å². The van der Waals surface area contributed by atoms with Gasteiger partial charge in [-0.1, -0.05) is 18.2 Å². The molecule has 0 radical (unpaired) electrons. The van der Waals surface area contributed by atoms with Gasteiger partial charge in [0, 0.05) is 25.8 Å². The molecule has 1 aliphatic heterocycles. The van der Waals surface area contributed by atoms with Gasteiger partial charge in [0.2, 0.25) is 5.91 Å². The van der Waals surface area contributed by atoms with Crippen LogP contribution in [0, 0.1) is 6.92 Å². The average molecular weight is 333 g/mol. The lowest BCUT2D eigenvalue weighted by Crippen LogP contribution is -2.41. The number of aromatic nitrogens is 1. The second kappa shape index (κ2) is 10.4. The number of amides is 1. The van der Waals surface area contributed by atoms with Crippen LogP contribution in [0.3, 0.4) is 0 Å². The molecule has 0 aliphatic carbocycles. The van der Waals surface area contributed by atoms with Gasteiger partial charge in [-0.25, -0.2) is 4.98 Å². The number of hydrogen-bond acceptors (Lipinski definition) is 4. The number of halogens is 2. The zero-order chi connectivity index (χ0) is 13.5. The predicted molar refractivity (Wildman–Crippen MR) is 90.5 cm³/mol. The summed E-state index contributed by atoms with van der Waals surface area (Å²) in [5.41, 5.74) is 1.15. The van der Waals surface area contributed by atoms with E-state index < -0.39 is 0 Å². The van der Waals surface area contributed by atoms with Crippen LogP contribution in [0.2, 0.25) is 0 Å². The molecule has 2 heterocycles. The third-order valence-electron chi connectivity index (χ3n) is 2.94. The molecule has 7 heteroatoms. The molecule has 21 heavy (non-hydrogen) atoms. The van der Waals surface area contributed by atoms with Crippen molar-refractivity contribution in [2.45, 2.75) is 19.4 Å². The largest absolute Gasteiger partial charge is 0.370 e. The average Bonchev–Trinajstić information content (AvgIpc) is 2.94. The van der Waals surface area contributed by atoms with E-state index in [1.54, 1.807) is 0 Å². The molecule has 0 bridgehead atoms. The van der Waals surface area contributed by atoms with Crippen LogP contribution in [0.1, 0.15) is 12.0 Å². The topological polar surface area (TPSA) is 66.0 Å². The summed E-state index contributed by atoms with van der Waals surface area (Å²) in [7, 11) is 0. The molecule has 5 nitrogen and oxygen atoms in total. The summed E-state index contributed by atoms with van der Waals surface area (Å²) in [6, 6.07) is 3.82. The summed E-state index contributed by atoms with van der Waals surface area (Å²) in [5, 5.41) is 9.21. The molecule has 0 saturated heterocycles. The molecule has 1 amide bonds. The van der Waals surface area contributed by atoms with Crippen molar-refractivity contribution >= 4 is 36.5 Å². The first kappa shape index (κ1) is 19.7. The number of nitrogens with one attached hydrogen (secondary N) is 3. The summed E-state index contributed by atoms with van der Waals surface area (Å²) in [6.45, 7) is 4.25. The molecule has 1 aromatic heterocycles. The van der Waals surface area contributed by atoms with Crippen LogP contribution < -0.4 is 16.0 Å². The summed E-state index contributed by atoms with van der Waals surface area (Å²) in [4.78, 5) is 15.9. The van der Waals surface area contributed by atoms with Gasteiger partial charge >= 0.3 is 0 Å². The number of pyridine rings is 1. The minimum atomic E-state index is -0.160. The van der Waals surface area contributed by atoms with Crippen LogP contribution in [0.15, 0.2) is 30.5 Å². The van der Waals surface area contributed by atoms with Crippen LogP contribution in [0.25, 0.3) is 0 Å². The molecular formula is C14H22Cl2N4O. The summed E-state index contributed by atoms with van der Waals surface area (Å²) < 4.78 is 0. The SMILES string of the molecule is Cc1ccc(NCCCNC(=O)C2C=CCN2)nc1.Cl.Cl. The number of carbonyl (C=O) groups is 1. The Morgan fingerprint density at radius 2 is 2.19 bits per heavy atom. The van der Waals surface area contributed by atoms with Crippen LogP contribution in [0.5, 0.6) is 0 Å². The van der Waals surface area contributed by atoms with Crippen molar-refractivity contribution in [1.29, 1.82) is 0 Å². The Hall–Kier alpha value is -1.30. The van der Waals surface area contributed by atoms with Gasteiger partial charge in [0.05, 0.1) is 0 Å². The van der Waals surface area contributed by atoms with E-state index in [2.05, 4.69) is 20.9 Å². The minimum Gasteiger partial charge on any atom is -0.370 e. The van der Waals surface area contributed by atoms with Gasteiger partial charge in [-0.3, -0.25) is 10.1 Å². The zero-order valence-electron chi connectivity index (χ0n) is 12.0. The Kier molecular flexibility index (Phi) is 9.78. The Morgan fingerprint density at radius 3 is 2.81 bits per heavy atom. The normalized spacial score (nSPS) is 15.8. The quantitative estimate of drug-likeness (QED) is 0.547. The van der Waals surface area contributed by atoms with Crippen LogP contribution in [-0.2, 0) is 4.79 Å². The zero-order valence-corrected chi connectivity index (χ0v) is 13.6. The van der Waals surface area contributed by atoms with E-state index in [0.717, 1.165) is 30.9 Å². The molecule has 1 atom stereocenters. The fraction of sp³-hybridized carbons (Fsp3) is 0.429. The van der Waals surface area contributed by atoms with E-state index in [1.165, 1.54) is 0 Å². The van der Waals surface area contributed by atoms with Gasteiger partial charge in [0.1, 0.15) is 11.9 Å². The minimum absolute atomic E-state index is 0. The van der Waals surface area contributed by atoms with E-state index in [1.807, 2.05) is 37.4 Å². The van der Waals surface area contributed by atoms with Gasteiger partial charge in [-0.15, -0.1) is 24.8 Å². The Labute approximate surface area is 137 Å². The maximum atomic E-state index is 11.7. The maximum absolute atomic E-state index is 11.7. The number of anilines is 1. The van der Waals surface area contributed by atoms with Crippen molar-refractivity contribution in [2.24, 2.45) is 0 Å². The molecule has 2 rings (SSSR count). The van der Waals surface area contributed by atoms with Crippen molar-refractivity contribution in [2.75, 3.05) is 25.0 Å². The highest BCUT2D eigenvalue weighted by atomic mass is 35.5. The highest BCUT2D eigenvalue weighted by Gasteiger charge is 2.16. The second-order valence-electron chi connectivity index (χ2n) is 4.61. The number of carbonyl (C=O) groups excluding carboxylic acids is 1. The van der Waals surface area contributed by atoms with Crippen molar-refractivity contribution < 1.29 is 4.79 Å². The third-order valence-corrected chi connectivity index (χ3v) is 2.94. The Morgan fingerprint density at radius 1 is 1.38 bits per heavy atom. The van der Waals surface area contributed by atoms with Gasteiger partial charge in [0.15, 0.2) is 0 Å². The van der Waals surface area contributed by atoms with Crippen molar-refractivity contribution in [3.63, 3.8) is 0 Å². The highest BCUT2D eigenvalue weighted by Crippen LogP contribution is 2.03. The molecule has 0 aromatic carbocycles. The van der Waals surface area contributed by atoms with Gasteiger partial charge in [0.25, 0.3) is 0 Å². The number of rotatable bonds is 6. The molecule has 1 unspecified atom stereocenters. The summed E-state index contributed by atoms with van der Waals surface area (Å²) in [6.07, 6.45) is 6.57. The first-order valence-corrected chi connectivity index (χ1v) is 6.60. The lowest BCUT2D eigenvalue weighted by Gasteiger charge is -2.10. The van der Waals surface area contributed by atoms with Gasteiger partial charge in [-0.2, -0.15) is 0 Å². The molecule has 1 aliphatic rings. The molecule has 3 N–H and O–H groups in total. The summed E-state index contributed by atoms with van der Waals surface area (Å²) in [5.74, 6) is 0.916. The van der Waals surface area contributed by atoms with Gasteiger partial charge in [-0.05, 0) is 25.0 Å². The predicted octanol–water partition coefficient (Wildman–Crippen LogP) is 1.68.